The minimum Gasteiger partial charge on any atom is -0.334 e. The zero-order valence-electron chi connectivity index (χ0n) is 9.19. The molecule has 4 nitrogen and oxygen atoms in total. The van der Waals surface area contributed by atoms with Crippen molar-refractivity contribution >= 4 is 15.9 Å². The van der Waals surface area contributed by atoms with E-state index in [-0.39, 0.29) is 6.04 Å². The van der Waals surface area contributed by atoms with Crippen LogP contribution in [0.4, 0.5) is 0 Å². The highest BCUT2D eigenvalue weighted by Gasteiger charge is 2.21. The highest BCUT2D eigenvalue weighted by molar-refractivity contribution is 9.10. The van der Waals surface area contributed by atoms with E-state index in [0.717, 1.165) is 28.8 Å². The number of rotatable bonds is 2. The van der Waals surface area contributed by atoms with Gasteiger partial charge in [0, 0.05) is 10.0 Å². The summed E-state index contributed by atoms with van der Waals surface area (Å²) < 4.78 is 6.33. The number of benzene rings is 1. The molecule has 1 aromatic heterocycles. The van der Waals surface area contributed by atoms with Gasteiger partial charge in [-0.25, -0.2) is 0 Å². The number of hydrogen-bond donors (Lipinski definition) is 1. The van der Waals surface area contributed by atoms with Crippen LogP contribution in [0.2, 0.25) is 0 Å². The van der Waals surface area contributed by atoms with E-state index >= 15 is 0 Å². The average molecular weight is 294 g/mol. The molecule has 1 aliphatic rings. The Morgan fingerprint density at radius 1 is 1.29 bits per heavy atom. The fourth-order valence-corrected chi connectivity index (χ4v) is 2.26. The summed E-state index contributed by atoms with van der Waals surface area (Å²) in [5.74, 6) is 1.35. The second-order valence-electron chi connectivity index (χ2n) is 4.11. The van der Waals surface area contributed by atoms with E-state index in [1.807, 2.05) is 24.3 Å². The quantitative estimate of drug-likeness (QED) is 0.925. The molecule has 0 radical (unpaired) electrons. The molecule has 1 aliphatic heterocycles. The van der Waals surface area contributed by atoms with Gasteiger partial charge in [0.15, 0.2) is 5.82 Å². The van der Waals surface area contributed by atoms with E-state index in [1.54, 1.807) is 0 Å². The van der Waals surface area contributed by atoms with Crippen LogP contribution in [0.1, 0.15) is 24.7 Å². The van der Waals surface area contributed by atoms with Gasteiger partial charge in [-0.05, 0) is 43.7 Å². The Morgan fingerprint density at radius 3 is 2.82 bits per heavy atom. The molecule has 17 heavy (non-hydrogen) atoms. The van der Waals surface area contributed by atoms with Crippen molar-refractivity contribution in [2.75, 3.05) is 6.54 Å². The monoisotopic (exact) mass is 293 g/mol. The second kappa shape index (κ2) is 4.58. The van der Waals surface area contributed by atoms with Crippen LogP contribution in [-0.2, 0) is 0 Å². The summed E-state index contributed by atoms with van der Waals surface area (Å²) in [6, 6.07) is 8.11. The molecule has 0 spiro atoms. The normalized spacial score (nSPS) is 19.7. The largest absolute Gasteiger partial charge is 0.334 e. The highest BCUT2D eigenvalue weighted by Crippen LogP contribution is 2.24. The molecule has 0 aliphatic carbocycles. The molecule has 3 rings (SSSR count). The smallest absolute Gasteiger partial charge is 0.257 e. The van der Waals surface area contributed by atoms with Crippen molar-refractivity contribution in [3.05, 3.63) is 34.6 Å². The molecule has 88 valence electrons. The molecule has 0 saturated carbocycles. The van der Waals surface area contributed by atoms with Crippen LogP contribution < -0.4 is 5.32 Å². The molecule has 1 fully saturated rings. The molecule has 1 N–H and O–H groups in total. The van der Waals surface area contributed by atoms with Gasteiger partial charge in [0.25, 0.3) is 5.89 Å². The molecular formula is C12H12BrN3O. The summed E-state index contributed by atoms with van der Waals surface area (Å²) >= 11 is 3.40. The number of nitrogens with zero attached hydrogens (tertiary/aromatic N) is 2. The minimum absolute atomic E-state index is 0.253. The van der Waals surface area contributed by atoms with Gasteiger partial charge in [-0.1, -0.05) is 21.1 Å². The first kappa shape index (κ1) is 10.9. The number of halogens is 1. The van der Waals surface area contributed by atoms with Crippen molar-refractivity contribution in [3.63, 3.8) is 0 Å². The number of aromatic nitrogens is 2. The van der Waals surface area contributed by atoms with E-state index in [1.165, 1.54) is 6.42 Å². The first-order chi connectivity index (χ1) is 8.33. The van der Waals surface area contributed by atoms with Crippen LogP contribution in [0.3, 0.4) is 0 Å². The van der Waals surface area contributed by atoms with Crippen molar-refractivity contribution in [2.45, 2.75) is 18.9 Å². The van der Waals surface area contributed by atoms with Crippen molar-refractivity contribution in [3.8, 4) is 11.5 Å². The predicted octanol–water partition coefficient (Wildman–Crippen LogP) is 2.92. The molecule has 0 bridgehead atoms. The summed E-state index contributed by atoms with van der Waals surface area (Å²) in [4.78, 5) is 4.44. The maximum Gasteiger partial charge on any atom is 0.257 e. The minimum atomic E-state index is 0.253. The lowest BCUT2D eigenvalue weighted by Gasteiger charge is -2.01. The average Bonchev–Trinajstić information content (AvgIpc) is 3.00. The number of hydrogen-bond acceptors (Lipinski definition) is 4. The molecule has 1 unspecified atom stereocenters. The molecular weight excluding hydrogens is 282 g/mol. The Hall–Kier alpha value is -1.20. The van der Waals surface area contributed by atoms with Crippen molar-refractivity contribution < 1.29 is 4.52 Å². The SMILES string of the molecule is Brc1ccc(-c2nc(C3CCCN3)no2)cc1. The molecule has 1 saturated heterocycles. The molecule has 2 heterocycles. The molecule has 2 aromatic rings. The van der Waals surface area contributed by atoms with Crippen molar-refractivity contribution in [1.29, 1.82) is 0 Å². The van der Waals surface area contributed by atoms with E-state index < -0.39 is 0 Å². The highest BCUT2D eigenvalue weighted by atomic mass is 79.9. The summed E-state index contributed by atoms with van der Waals surface area (Å²) in [6.07, 6.45) is 2.26. The Bertz CT molecular complexity index is 503. The maximum absolute atomic E-state index is 5.29. The molecule has 5 heteroatoms. The summed E-state index contributed by atoms with van der Waals surface area (Å²) in [7, 11) is 0. The van der Waals surface area contributed by atoms with Crippen LogP contribution in [0.15, 0.2) is 33.3 Å². The fraction of sp³-hybridized carbons (Fsp3) is 0.333. The molecule has 0 amide bonds. The topological polar surface area (TPSA) is 51.0 Å². The van der Waals surface area contributed by atoms with E-state index in [4.69, 9.17) is 4.52 Å². The van der Waals surface area contributed by atoms with E-state index in [2.05, 4.69) is 31.4 Å². The van der Waals surface area contributed by atoms with Gasteiger partial charge in [0.1, 0.15) is 0 Å². The van der Waals surface area contributed by atoms with Crippen LogP contribution in [0.25, 0.3) is 11.5 Å². The Morgan fingerprint density at radius 2 is 2.12 bits per heavy atom. The van der Waals surface area contributed by atoms with Gasteiger partial charge in [0.05, 0.1) is 6.04 Å². The summed E-state index contributed by atoms with van der Waals surface area (Å²) in [5, 5.41) is 7.39. The lowest BCUT2D eigenvalue weighted by atomic mass is 10.2. The van der Waals surface area contributed by atoms with Gasteiger partial charge in [-0.2, -0.15) is 4.98 Å². The van der Waals surface area contributed by atoms with Crippen LogP contribution >= 0.6 is 15.9 Å². The van der Waals surface area contributed by atoms with Crippen molar-refractivity contribution in [2.24, 2.45) is 0 Å². The first-order valence-corrected chi connectivity index (χ1v) is 6.45. The Balaban J connectivity index is 1.86. The third-order valence-corrected chi connectivity index (χ3v) is 3.43. The third kappa shape index (κ3) is 2.25. The molecule has 1 atom stereocenters. The van der Waals surface area contributed by atoms with E-state index in [9.17, 15) is 0 Å². The Labute approximate surface area is 108 Å². The van der Waals surface area contributed by atoms with Gasteiger partial charge in [-0.3, -0.25) is 0 Å². The maximum atomic E-state index is 5.29. The van der Waals surface area contributed by atoms with Crippen LogP contribution in [0.5, 0.6) is 0 Å². The first-order valence-electron chi connectivity index (χ1n) is 5.66. The lowest BCUT2D eigenvalue weighted by molar-refractivity contribution is 0.412. The predicted molar refractivity (Wildman–Crippen MR) is 67.4 cm³/mol. The van der Waals surface area contributed by atoms with Gasteiger partial charge in [-0.15, -0.1) is 0 Å². The zero-order chi connectivity index (χ0) is 11.7. The second-order valence-corrected chi connectivity index (χ2v) is 5.03. The van der Waals surface area contributed by atoms with Gasteiger partial charge < -0.3 is 9.84 Å². The van der Waals surface area contributed by atoms with Crippen LogP contribution in [0, 0.1) is 0 Å². The van der Waals surface area contributed by atoms with Gasteiger partial charge >= 0.3 is 0 Å². The molecule has 1 aromatic carbocycles. The lowest BCUT2D eigenvalue weighted by Crippen LogP contribution is -2.14. The Kier molecular flexibility index (Phi) is 2.94. The zero-order valence-corrected chi connectivity index (χ0v) is 10.8. The number of nitrogens with one attached hydrogen (secondary N) is 1. The van der Waals surface area contributed by atoms with Crippen molar-refractivity contribution in [1.82, 2.24) is 15.5 Å². The van der Waals surface area contributed by atoms with Crippen LogP contribution in [-0.4, -0.2) is 16.7 Å². The van der Waals surface area contributed by atoms with Gasteiger partial charge in [0.2, 0.25) is 0 Å². The standard InChI is InChI=1S/C12H12BrN3O/c13-9-5-3-8(4-6-9)12-15-11(16-17-12)10-2-1-7-14-10/h3-6,10,14H,1-2,7H2. The third-order valence-electron chi connectivity index (χ3n) is 2.90. The summed E-state index contributed by atoms with van der Waals surface area (Å²) in [6.45, 7) is 1.03. The van der Waals surface area contributed by atoms with E-state index in [0.29, 0.717) is 5.89 Å². The summed E-state index contributed by atoms with van der Waals surface area (Å²) in [5.41, 5.74) is 0.949. The fourth-order valence-electron chi connectivity index (χ4n) is 1.99.